The molecule has 26 heavy (non-hydrogen) atoms. The van der Waals surface area contributed by atoms with Crippen molar-refractivity contribution in [3.05, 3.63) is 40.7 Å². The number of benzene rings is 1. The van der Waals surface area contributed by atoms with Gasteiger partial charge in [-0.15, -0.1) is 0 Å². The summed E-state index contributed by atoms with van der Waals surface area (Å²) in [6, 6.07) is 7.67. The number of nitrogens with one attached hydrogen (secondary N) is 1. The number of aryl methyl sites for hydroxylation is 1. The number of halogens is 1. The summed E-state index contributed by atoms with van der Waals surface area (Å²) in [5.41, 5.74) is 1.53. The normalized spacial score (nSPS) is 16.4. The van der Waals surface area contributed by atoms with Crippen LogP contribution in [0, 0.1) is 6.92 Å². The molecule has 0 spiro atoms. The summed E-state index contributed by atoms with van der Waals surface area (Å²) >= 11 is 5.91. The molecule has 3 rings (SSSR count). The second-order valence-electron chi connectivity index (χ2n) is 6.96. The topological polar surface area (TPSA) is 58.4 Å². The molecule has 1 unspecified atom stereocenters. The molecule has 0 radical (unpaired) electrons. The first-order valence-corrected chi connectivity index (χ1v) is 9.63. The van der Waals surface area contributed by atoms with Crippen LogP contribution in [0.4, 0.5) is 0 Å². The summed E-state index contributed by atoms with van der Waals surface area (Å²) in [6.07, 6.45) is 4.06. The summed E-state index contributed by atoms with van der Waals surface area (Å²) in [6.45, 7) is 6.94. The first kappa shape index (κ1) is 18.9. The monoisotopic (exact) mass is 375 g/mol. The van der Waals surface area contributed by atoms with Gasteiger partial charge in [0.25, 0.3) is 0 Å². The zero-order valence-electron chi connectivity index (χ0n) is 15.4. The minimum absolute atomic E-state index is 0.0204. The van der Waals surface area contributed by atoms with Crippen LogP contribution in [0.1, 0.15) is 37.6 Å². The molecule has 0 saturated carbocycles. The van der Waals surface area contributed by atoms with Gasteiger partial charge in [0, 0.05) is 23.2 Å². The second kappa shape index (κ2) is 8.69. The summed E-state index contributed by atoms with van der Waals surface area (Å²) in [5, 5.41) is 3.70. The van der Waals surface area contributed by atoms with Crippen molar-refractivity contribution in [2.45, 2.75) is 45.6 Å². The molecule has 1 atom stereocenters. The molecule has 0 bridgehead atoms. The van der Waals surface area contributed by atoms with Crippen LogP contribution < -0.4 is 5.32 Å². The molecule has 1 amide bonds. The van der Waals surface area contributed by atoms with Gasteiger partial charge in [-0.3, -0.25) is 9.69 Å². The maximum absolute atomic E-state index is 12.3. The van der Waals surface area contributed by atoms with Crippen LogP contribution in [0.25, 0.3) is 11.5 Å². The second-order valence-corrected chi connectivity index (χ2v) is 7.39. The Hall–Kier alpha value is -1.85. The molecule has 2 aromatic rings. The van der Waals surface area contributed by atoms with Gasteiger partial charge >= 0.3 is 0 Å². The fourth-order valence-electron chi connectivity index (χ4n) is 3.27. The molecule has 5 nitrogen and oxygen atoms in total. The van der Waals surface area contributed by atoms with E-state index in [9.17, 15) is 4.79 Å². The molecule has 1 aromatic heterocycles. The van der Waals surface area contributed by atoms with Crippen molar-refractivity contribution in [3.63, 3.8) is 0 Å². The highest BCUT2D eigenvalue weighted by atomic mass is 35.5. The van der Waals surface area contributed by atoms with E-state index >= 15 is 0 Å². The predicted molar refractivity (Wildman–Crippen MR) is 103 cm³/mol. The fourth-order valence-corrected chi connectivity index (χ4v) is 3.40. The van der Waals surface area contributed by atoms with Gasteiger partial charge in [0.1, 0.15) is 5.76 Å². The summed E-state index contributed by atoms with van der Waals surface area (Å²) in [5.74, 6) is 1.17. The van der Waals surface area contributed by atoms with Crippen LogP contribution in [-0.2, 0) is 11.2 Å². The Morgan fingerprint density at radius 1 is 1.27 bits per heavy atom. The van der Waals surface area contributed by atoms with Gasteiger partial charge in [-0.05, 0) is 64.0 Å². The van der Waals surface area contributed by atoms with Gasteiger partial charge < -0.3 is 9.73 Å². The molecular formula is C20H26ClN3O2. The number of oxazole rings is 1. The fraction of sp³-hybridized carbons (Fsp3) is 0.500. The minimum Gasteiger partial charge on any atom is -0.441 e. The van der Waals surface area contributed by atoms with Crippen LogP contribution >= 0.6 is 11.6 Å². The van der Waals surface area contributed by atoms with Crippen molar-refractivity contribution < 1.29 is 9.21 Å². The van der Waals surface area contributed by atoms with Crippen LogP contribution in [0.3, 0.4) is 0 Å². The standard InChI is InChI=1S/C20H26ClN3O2/c1-14(24-10-4-3-5-11-24)13-22-19(25)12-18-15(2)26-20(23-18)16-6-8-17(21)9-7-16/h6-9,14H,3-5,10-13H2,1-2H3,(H,22,25). The average Bonchev–Trinajstić information content (AvgIpc) is 3.01. The Morgan fingerprint density at radius 2 is 1.96 bits per heavy atom. The number of carbonyl (C=O) groups excluding carboxylic acids is 1. The number of likely N-dealkylation sites (tertiary alicyclic amines) is 1. The SMILES string of the molecule is Cc1oc(-c2ccc(Cl)cc2)nc1CC(=O)NCC(C)N1CCCCC1. The van der Waals surface area contributed by atoms with E-state index in [0.29, 0.717) is 35.0 Å². The van der Waals surface area contributed by atoms with Crippen molar-refractivity contribution in [3.8, 4) is 11.5 Å². The molecule has 1 aliphatic rings. The van der Waals surface area contributed by atoms with Crippen molar-refractivity contribution in [2.24, 2.45) is 0 Å². The van der Waals surface area contributed by atoms with Crippen molar-refractivity contribution in [2.75, 3.05) is 19.6 Å². The highest BCUT2D eigenvalue weighted by molar-refractivity contribution is 6.30. The van der Waals surface area contributed by atoms with Crippen molar-refractivity contribution in [1.29, 1.82) is 0 Å². The maximum atomic E-state index is 12.3. The lowest BCUT2D eigenvalue weighted by atomic mass is 10.1. The number of piperidine rings is 1. The van der Waals surface area contributed by atoms with E-state index in [2.05, 4.69) is 22.1 Å². The minimum atomic E-state index is -0.0204. The molecule has 0 aliphatic carbocycles. The highest BCUT2D eigenvalue weighted by Crippen LogP contribution is 2.23. The van der Waals surface area contributed by atoms with Crippen molar-refractivity contribution >= 4 is 17.5 Å². The molecule has 2 heterocycles. The van der Waals surface area contributed by atoms with E-state index < -0.39 is 0 Å². The molecule has 1 saturated heterocycles. The molecule has 1 fully saturated rings. The number of hydrogen-bond acceptors (Lipinski definition) is 4. The van der Waals surface area contributed by atoms with Gasteiger partial charge in [0.15, 0.2) is 0 Å². The lowest BCUT2D eigenvalue weighted by molar-refractivity contribution is -0.120. The Bertz CT molecular complexity index is 736. The van der Waals surface area contributed by atoms with E-state index in [1.165, 1.54) is 19.3 Å². The molecule has 1 aliphatic heterocycles. The quantitative estimate of drug-likeness (QED) is 0.833. The Balaban J connectivity index is 1.55. The summed E-state index contributed by atoms with van der Waals surface area (Å²) < 4.78 is 5.72. The van der Waals surface area contributed by atoms with Gasteiger partial charge in [-0.25, -0.2) is 4.98 Å². The number of carbonyl (C=O) groups is 1. The Kier molecular flexibility index (Phi) is 6.33. The summed E-state index contributed by atoms with van der Waals surface area (Å²) in [4.78, 5) is 19.2. The van der Waals surface area contributed by atoms with Crippen LogP contribution in [0.2, 0.25) is 5.02 Å². The predicted octanol–water partition coefficient (Wildman–Crippen LogP) is 3.84. The van der Waals surface area contributed by atoms with Crippen LogP contribution in [-0.4, -0.2) is 41.5 Å². The number of nitrogens with zero attached hydrogens (tertiary/aromatic N) is 2. The largest absolute Gasteiger partial charge is 0.441 e. The zero-order chi connectivity index (χ0) is 18.5. The Labute approximate surface area is 159 Å². The third kappa shape index (κ3) is 4.86. The first-order valence-electron chi connectivity index (χ1n) is 9.26. The van der Waals surface area contributed by atoms with Crippen LogP contribution in [0.15, 0.2) is 28.7 Å². The van der Waals surface area contributed by atoms with E-state index in [4.69, 9.17) is 16.0 Å². The van der Waals surface area contributed by atoms with Gasteiger partial charge in [0.05, 0.1) is 12.1 Å². The van der Waals surface area contributed by atoms with Crippen LogP contribution in [0.5, 0.6) is 0 Å². The van der Waals surface area contributed by atoms with Gasteiger partial charge in [0.2, 0.25) is 11.8 Å². The van der Waals surface area contributed by atoms with Gasteiger partial charge in [-0.2, -0.15) is 0 Å². The molecule has 140 valence electrons. The number of amides is 1. The lowest BCUT2D eigenvalue weighted by Gasteiger charge is -2.32. The van der Waals surface area contributed by atoms with E-state index in [0.717, 1.165) is 18.7 Å². The van der Waals surface area contributed by atoms with Gasteiger partial charge in [-0.1, -0.05) is 18.0 Å². The summed E-state index contributed by atoms with van der Waals surface area (Å²) in [7, 11) is 0. The lowest BCUT2D eigenvalue weighted by Crippen LogP contribution is -2.44. The smallest absolute Gasteiger partial charge is 0.226 e. The zero-order valence-corrected chi connectivity index (χ0v) is 16.2. The Morgan fingerprint density at radius 3 is 2.65 bits per heavy atom. The number of aromatic nitrogens is 1. The maximum Gasteiger partial charge on any atom is 0.226 e. The first-order chi connectivity index (χ1) is 12.5. The number of hydrogen-bond donors (Lipinski definition) is 1. The molecule has 1 N–H and O–H groups in total. The van der Waals surface area contributed by atoms with E-state index in [1.54, 1.807) is 12.1 Å². The molecule has 6 heteroatoms. The highest BCUT2D eigenvalue weighted by Gasteiger charge is 2.18. The van der Waals surface area contributed by atoms with E-state index in [-0.39, 0.29) is 12.3 Å². The number of rotatable bonds is 6. The molecular weight excluding hydrogens is 350 g/mol. The molecule has 1 aromatic carbocycles. The third-order valence-electron chi connectivity index (χ3n) is 4.92. The van der Waals surface area contributed by atoms with E-state index in [1.807, 2.05) is 19.1 Å². The average molecular weight is 376 g/mol. The third-order valence-corrected chi connectivity index (χ3v) is 5.17. The van der Waals surface area contributed by atoms with Crippen molar-refractivity contribution in [1.82, 2.24) is 15.2 Å².